The molecular formula is C21H42NTa-3. The third-order valence-electron chi connectivity index (χ3n) is 4.83. The van der Waals surface area contributed by atoms with Crippen molar-refractivity contribution in [3.63, 3.8) is 0 Å². The fraction of sp³-hybridized carbons (Fsp3) is 0.857. The Bertz CT molecular complexity index is 247. The van der Waals surface area contributed by atoms with Gasteiger partial charge in [-0.3, -0.25) is 0 Å². The predicted molar refractivity (Wildman–Crippen MR) is 102 cm³/mol. The third kappa shape index (κ3) is 15.8. The molecule has 0 saturated heterocycles. The summed E-state index contributed by atoms with van der Waals surface area (Å²) >= 11 is 1.16. The molecule has 2 aliphatic carbocycles. The quantitative estimate of drug-likeness (QED) is 0.363. The van der Waals surface area contributed by atoms with E-state index in [-0.39, 0.29) is 13.0 Å². The molecule has 2 aliphatic rings. The molecule has 0 heterocycles. The average molecular weight is 490 g/mol. The van der Waals surface area contributed by atoms with Crippen molar-refractivity contribution in [3.8, 4) is 0 Å². The van der Waals surface area contributed by atoms with Gasteiger partial charge in [-0.1, -0.05) is 57.8 Å². The van der Waals surface area contributed by atoms with E-state index >= 15 is 0 Å². The van der Waals surface area contributed by atoms with E-state index in [1.54, 1.807) is 0 Å². The van der Waals surface area contributed by atoms with Crippen LogP contribution in [-0.2, 0) is 20.9 Å². The van der Waals surface area contributed by atoms with Crippen LogP contribution in [0.25, 0.3) is 0 Å². The number of nitrogens with zero attached hydrogens (tertiary/aromatic N) is 1. The van der Waals surface area contributed by atoms with Gasteiger partial charge in [-0.15, -0.1) is 0 Å². The summed E-state index contributed by atoms with van der Waals surface area (Å²) in [6, 6.07) is 0. The van der Waals surface area contributed by atoms with Crippen molar-refractivity contribution in [2.75, 3.05) is 0 Å². The molecule has 2 unspecified atom stereocenters. The molecule has 0 aromatic rings. The van der Waals surface area contributed by atoms with Crippen molar-refractivity contribution in [1.82, 2.24) is 0 Å². The van der Waals surface area contributed by atoms with Crippen LogP contribution in [0, 0.1) is 32.1 Å². The molecule has 2 saturated carbocycles. The van der Waals surface area contributed by atoms with E-state index in [9.17, 15) is 0 Å². The summed E-state index contributed by atoms with van der Waals surface area (Å²) in [6.45, 7) is 11.1. The maximum atomic E-state index is 4.25. The summed E-state index contributed by atoms with van der Waals surface area (Å²) in [5.74, 6) is 1.97. The van der Waals surface area contributed by atoms with Crippen LogP contribution >= 0.6 is 0 Å². The normalized spacial score (nSPS) is 24.0. The zero-order valence-corrected chi connectivity index (χ0v) is 20.0. The predicted octanol–water partition coefficient (Wildman–Crippen LogP) is 7.55. The van der Waals surface area contributed by atoms with E-state index in [1.807, 2.05) is 0 Å². The Hall–Kier alpha value is 0.540. The van der Waals surface area contributed by atoms with Gasteiger partial charge in [0.15, 0.2) is 0 Å². The molecule has 2 fully saturated rings. The number of hydrogen-bond acceptors (Lipinski definition) is 1. The minimum Gasteiger partial charge on any atom is -0.358 e. The van der Waals surface area contributed by atoms with Crippen LogP contribution < -0.4 is 0 Å². The first-order valence-electron chi connectivity index (χ1n) is 9.44. The Morgan fingerprint density at radius 3 is 1.87 bits per heavy atom. The Balaban J connectivity index is 0. The molecule has 0 radical (unpaired) electrons. The van der Waals surface area contributed by atoms with Crippen molar-refractivity contribution in [1.29, 1.82) is 0 Å². The molecular weight excluding hydrogens is 447 g/mol. The summed E-state index contributed by atoms with van der Waals surface area (Å²) in [6.07, 6.45) is 18.7. The molecule has 1 nitrogen and oxygen atoms in total. The van der Waals surface area contributed by atoms with Crippen LogP contribution in [0.1, 0.15) is 98.8 Å². The summed E-state index contributed by atoms with van der Waals surface area (Å²) in [4.78, 5) is 0. The van der Waals surface area contributed by atoms with Crippen molar-refractivity contribution >= 4 is 0 Å². The molecule has 0 bridgehead atoms. The maximum absolute atomic E-state index is 4.25. The second-order valence-corrected chi connectivity index (χ2v) is 8.29. The van der Waals surface area contributed by atoms with Crippen LogP contribution in [0.4, 0.5) is 0 Å². The van der Waals surface area contributed by atoms with Crippen LogP contribution in [0.3, 0.4) is 0 Å². The third-order valence-corrected chi connectivity index (χ3v) is 6.78. The van der Waals surface area contributed by atoms with Crippen molar-refractivity contribution in [2.24, 2.45) is 15.2 Å². The van der Waals surface area contributed by atoms with Crippen molar-refractivity contribution in [3.05, 3.63) is 20.3 Å². The first-order valence-corrected chi connectivity index (χ1v) is 10.9. The largest absolute Gasteiger partial charge is 0.358 e. The summed E-state index contributed by atoms with van der Waals surface area (Å²) < 4.78 is 4.25. The molecule has 23 heavy (non-hydrogen) atoms. The minimum atomic E-state index is 0. The van der Waals surface area contributed by atoms with Gasteiger partial charge in [0.2, 0.25) is 0 Å². The van der Waals surface area contributed by atoms with Crippen LogP contribution in [-0.4, -0.2) is 5.54 Å². The minimum absolute atomic E-state index is 0. The fourth-order valence-corrected chi connectivity index (χ4v) is 3.19. The van der Waals surface area contributed by atoms with E-state index in [0.717, 1.165) is 39.1 Å². The first-order chi connectivity index (χ1) is 10.4. The molecule has 2 atom stereocenters. The van der Waals surface area contributed by atoms with Gasteiger partial charge >= 0.3 is 57.0 Å². The standard InChI is InChI=1S/C9H17.C6H11.C5H11N.CH3.Ta/c1-3-9-6-4-5-8(2)7-9;1-2-4-6-5-3-1;1-4-5(2,3)6;;/h4,8-9H,3,5-7H2,1-2H3;1H,2-6H2;4H2,1-3H3;1H3;/q2*-1;;-1;. The SMILES string of the molecule is CCC(C)(C)[N]=[Ta].CCC1C[CH-]CC(C)C1.[CH-]1CCCCC1.[CH3-]. The van der Waals surface area contributed by atoms with Crippen molar-refractivity contribution < 1.29 is 20.9 Å². The molecule has 0 aliphatic heterocycles. The number of rotatable bonds is 3. The van der Waals surface area contributed by atoms with Gasteiger partial charge in [0.05, 0.1) is 0 Å². The smallest absolute Gasteiger partial charge is 0.0527 e. The second-order valence-electron chi connectivity index (χ2n) is 7.57. The Morgan fingerprint density at radius 1 is 1.04 bits per heavy atom. The van der Waals surface area contributed by atoms with Crippen LogP contribution in [0.2, 0.25) is 0 Å². The molecule has 139 valence electrons. The molecule has 0 N–H and O–H groups in total. The first kappa shape index (κ1) is 25.8. The van der Waals surface area contributed by atoms with Gasteiger partial charge < -0.3 is 20.3 Å². The zero-order chi connectivity index (χ0) is 16.8. The molecule has 0 aromatic carbocycles. The summed E-state index contributed by atoms with van der Waals surface area (Å²) in [5, 5.41) is 0. The second kappa shape index (κ2) is 16.0. The van der Waals surface area contributed by atoms with E-state index in [1.165, 1.54) is 57.8 Å². The van der Waals surface area contributed by atoms with Gasteiger partial charge in [0.1, 0.15) is 0 Å². The molecule has 2 heteroatoms. The topological polar surface area (TPSA) is 12.4 Å². The summed E-state index contributed by atoms with van der Waals surface area (Å²) in [7, 11) is 0. The monoisotopic (exact) mass is 489 g/mol. The zero-order valence-electron chi connectivity index (χ0n) is 16.8. The molecule has 0 spiro atoms. The molecule has 0 aromatic heterocycles. The maximum Gasteiger partial charge on any atom is -0.0527 e. The number of hydrogen-bond donors (Lipinski definition) is 0. The van der Waals surface area contributed by atoms with E-state index < -0.39 is 0 Å². The summed E-state index contributed by atoms with van der Waals surface area (Å²) in [5.41, 5.74) is 0.258. The van der Waals surface area contributed by atoms with Gasteiger partial charge in [-0.25, -0.2) is 0 Å². The van der Waals surface area contributed by atoms with Gasteiger partial charge in [0.25, 0.3) is 0 Å². The van der Waals surface area contributed by atoms with Crippen LogP contribution in [0.5, 0.6) is 0 Å². The fourth-order valence-electron chi connectivity index (χ4n) is 2.68. The van der Waals surface area contributed by atoms with Crippen molar-refractivity contribution in [2.45, 2.75) is 104 Å². The van der Waals surface area contributed by atoms with E-state index in [0.29, 0.717) is 0 Å². The molecule has 0 amide bonds. The van der Waals surface area contributed by atoms with E-state index in [4.69, 9.17) is 0 Å². The van der Waals surface area contributed by atoms with Crippen LogP contribution in [0.15, 0.2) is 3.34 Å². The van der Waals surface area contributed by atoms with E-state index in [2.05, 4.69) is 50.8 Å². The molecule has 2 rings (SSSR count). The Kier molecular flexibility index (Phi) is 18.0. The average Bonchev–Trinajstić information content (AvgIpc) is 2.57. The van der Waals surface area contributed by atoms with Gasteiger partial charge in [0, 0.05) is 0 Å². The van der Waals surface area contributed by atoms with Gasteiger partial charge in [-0.05, 0) is 0 Å². The van der Waals surface area contributed by atoms with Gasteiger partial charge in [-0.2, -0.15) is 25.7 Å². The Labute approximate surface area is 160 Å². The Morgan fingerprint density at radius 2 is 1.65 bits per heavy atom.